The van der Waals surface area contributed by atoms with E-state index in [0.29, 0.717) is 18.9 Å². The quantitative estimate of drug-likeness (QED) is 0.625. The van der Waals surface area contributed by atoms with E-state index in [-0.39, 0.29) is 6.03 Å². The van der Waals surface area contributed by atoms with Crippen LogP contribution < -0.4 is 5.32 Å². The van der Waals surface area contributed by atoms with Crippen LogP contribution in [0.2, 0.25) is 0 Å². The minimum absolute atomic E-state index is 0.305. The first-order valence-corrected chi connectivity index (χ1v) is 10.6. The van der Waals surface area contributed by atoms with Gasteiger partial charge in [-0.25, -0.2) is 14.6 Å². The molecule has 1 aromatic rings. The Morgan fingerprint density at radius 2 is 2.11 bits per heavy atom. The number of nitrogens with one attached hydrogen (secondary N) is 1. The molecule has 0 aromatic carbocycles. The molecule has 1 aliphatic heterocycles. The van der Waals surface area contributed by atoms with Gasteiger partial charge in [-0.2, -0.15) is 0 Å². The lowest BCUT2D eigenvalue weighted by molar-refractivity contribution is -0.143. The molecule has 9 heteroatoms. The van der Waals surface area contributed by atoms with Gasteiger partial charge in [0.1, 0.15) is 6.04 Å². The number of rotatable bonds is 9. The fourth-order valence-corrected chi connectivity index (χ4v) is 3.80. The first-order valence-electron chi connectivity index (χ1n) is 9.74. The van der Waals surface area contributed by atoms with Gasteiger partial charge < -0.3 is 19.7 Å². The SMILES string of the molecule is COC(=O)[C@H](CCCN1CCOCC1)NC(=O)N(C)Cc1csc(C(C)C)n1. The summed E-state index contributed by atoms with van der Waals surface area (Å²) in [6.07, 6.45) is 1.34. The van der Waals surface area contributed by atoms with Crippen molar-refractivity contribution < 1.29 is 19.1 Å². The number of aromatic nitrogens is 1. The van der Waals surface area contributed by atoms with Crippen molar-refractivity contribution in [2.75, 3.05) is 47.0 Å². The van der Waals surface area contributed by atoms with Crippen molar-refractivity contribution in [1.29, 1.82) is 0 Å². The molecule has 2 heterocycles. The highest BCUT2D eigenvalue weighted by Crippen LogP contribution is 2.19. The van der Waals surface area contributed by atoms with Crippen LogP contribution in [0, 0.1) is 0 Å². The fourth-order valence-electron chi connectivity index (χ4n) is 2.97. The van der Waals surface area contributed by atoms with Gasteiger partial charge in [-0.1, -0.05) is 13.8 Å². The summed E-state index contributed by atoms with van der Waals surface area (Å²) < 4.78 is 10.2. The first-order chi connectivity index (χ1) is 13.4. The van der Waals surface area contributed by atoms with E-state index >= 15 is 0 Å². The lowest BCUT2D eigenvalue weighted by atomic mass is 10.1. The topological polar surface area (TPSA) is 84.0 Å². The van der Waals surface area contributed by atoms with Gasteiger partial charge in [-0.05, 0) is 19.4 Å². The van der Waals surface area contributed by atoms with Crippen LogP contribution in [0.3, 0.4) is 0 Å². The maximum atomic E-state index is 12.5. The number of methoxy groups -OCH3 is 1. The second kappa shape index (κ2) is 11.3. The molecule has 1 atom stereocenters. The number of hydrogen-bond donors (Lipinski definition) is 1. The van der Waals surface area contributed by atoms with Crippen molar-refractivity contribution in [3.8, 4) is 0 Å². The summed E-state index contributed by atoms with van der Waals surface area (Å²) in [4.78, 5) is 33.0. The van der Waals surface area contributed by atoms with E-state index < -0.39 is 12.0 Å². The normalized spacial score (nSPS) is 16.0. The molecule has 1 fully saturated rings. The number of carbonyl (C=O) groups is 2. The zero-order valence-corrected chi connectivity index (χ0v) is 18.1. The van der Waals surface area contributed by atoms with Gasteiger partial charge >= 0.3 is 12.0 Å². The van der Waals surface area contributed by atoms with Crippen LogP contribution in [0.1, 0.15) is 43.3 Å². The van der Waals surface area contributed by atoms with Gasteiger partial charge in [-0.15, -0.1) is 11.3 Å². The van der Waals surface area contributed by atoms with Crippen molar-refractivity contribution in [2.45, 2.75) is 45.2 Å². The Kier molecular flexibility index (Phi) is 9.14. The van der Waals surface area contributed by atoms with Gasteiger partial charge in [0, 0.05) is 31.4 Å². The summed E-state index contributed by atoms with van der Waals surface area (Å²) >= 11 is 1.60. The second-order valence-electron chi connectivity index (χ2n) is 7.31. The molecule has 8 nitrogen and oxygen atoms in total. The number of nitrogens with zero attached hydrogens (tertiary/aromatic N) is 3. The molecule has 158 valence electrons. The van der Waals surface area contributed by atoms with Crippen LogP contribution in [0.5, 0.6) is 0 Å². The number of amides is 2. The average Bonchev–Trinajstić information content (AvgIpc) is 3.16. The smallest absolute Gasteiger partial charge is 0.328 e. The lowest BCUT2D eigenvalue weighted by Gasteiger charge is -2.27. The summed E-state index contributed by atoms with van der Waals surface area (Å²) in [7, 11) is 3.04. The average molecular weight is 413 g/mol. The van der Waals surface area contributed by atoms with Gasteiger partial charge in [0.2, 0.25) is 0 Å². The summed E-state index contributed by atoms with van der Waals surface area (Å²) in [5.41, 5.74) is 0.855. The molecular formula is C19H32N4O4S. The molecule has 2 rings (SSSR count). The molecule has 0 saturated carbocycles. The standard InChI is InChI=1S/C19H32N4O4S/c1-14(2)17-20-15(13-28-17)12-22(3)19(25)21-16(18(24)26-4)6-5-7-23-8-10-27-11-9-23/h13-14,16H,5-12H2,1-4H3,(H,21,25)/t16-/m0/s1. The number of hydrogen-bond acceptors (Lipinski definition) is 7. The number of thiazole rings is 1. The number of morpholine rings is 1. The van der Waals surface area contributed by atoms with Crippen molar-refractivity contribution in [1.82, 2.24) is 20.1 Å². The van der Waals surface area contributed by atoms with E-state index in [0.717, 1.165) is 50.0 Å². The summed E-state index contributed by atoms with van der Waals surface area (Å²) in [5.74, 6) is -0.0486. The predicted octanol–water partition coefficient (Wildman–Crippen LogP) is 2.06. The van der Waals surface area contributed by atoms with Crippen LogP contribution in [0.25, 0.3) is 0 Å². The maximum absolute atomic E-state index is 12.5. The lowest BCUT2D eigenvalue weighted by Crippen LogP contribution is -2.47. The number of ether oxygens (including phenoxy) is 2. The van der Waals surface area contributed by atoms with Crippen molar-refractivity contribution in [3.05, 3.63) is 16.1 Å². The molecule has 0 radical (unpaired) electrons. The monoisotopic (exact) mass is 412 g/mol. The molecule has 0 spiro atoms. The molecule has 1 saturated heterocycles. The van der Waals surface area contributed by atoms with E-state index in [1.807, 2.05) is 5.38 Å². The third kappa shape index (κ3) is 7.03. The van der Waals surface area contributed by atoms with Crippen molar-refractivity contribution >= 4 is 23.3 Å². The van der Waals surface area contributed by atoms with Gasteiger partial charge in [0.05, 0.1) is 37.6 Å². The largest absolute Gasteiger partial charge is 0.467 e. The van der Waals surface area contributed by atoms with Crippen LogP contribution in [-0.2, 0) is 20.8 Å². The minimum atomic E-state index is -0.650. The van der Waals surface area contributed by atoms with Crippen LogP contribution >= 0.6 is 11.3 Å². The van der Waals surface area contributed by atoms with Gasteiger partial charge in [-0.3, -0.25) is 4.90 Å². The Hall–Kier alpha value is -1.71. The molecule has 0 bridgehead atoms. The van der Waals surface area contributed by atoms with E-state index in [1.165, 1.54) is 12.0 Å². The Labute approximate surface area is 171 Å². The minimum Gasteiger partial charge on any atom is -0.467 e. The van der Waals surface area contributed by atoms with Crippen molar-refractivity contribution in [3.63, 3.8) is 0 Å². The summed E-state index contributed by atoms with van der Waals surface area (Å²) in [5, 5.41) is 5.83. The molecule has 0 unspecified atom stereocenters. The van der Waals surface area contributed by atoms with Gasteiger partial charge in [0.15, 0.2) is 0 Å². The Morgan fingerprint density at radius 3 is 2.71 bits per heavy atom. The maximum Gasteiger partial charge on any atom is 0.328 e. The molecule has 2 amide bonds. The van der Waals surface area contributed by atoms with Crippen LogP contribution in [-0.4, -0.2) is 79.8 Å². The molecule has 1 aromatic heterocycles. The zero-order chi connectivity index (χ0) is 20.5. The molecule has 0 aliphatic carbocycles. The fraction of sp³-hybridized carbons (Fsp3) is 0.737. The highest BCUT2D eigenvalue weighted by atomic mass is 32.1. The van der Waals surface area contributed by atoms with Gasteiger partial charge in [0.25, 0.3) is 0 Å². The summed E-state index contributed by atoms with van der Waals surface area (Å²) in [6.45, 7) is 8.77. The molecule has 1 N–H and O–H groups in total. The Morgan fingerprint density at radius 1 is 1.39 bits per heavy atom. The molecule has 1 aliphatic rings. The third-order valence-electron chi connectivity index (χ3n) is 4.66. The number of carbonyl (C=O) groups excluding carboxylic acids is 2. The highest BCUT2D eigenvalue weighted by molar-refractivity contribution is 7.09. The predicted molar refractivity (Wildman–Crippen MR) is 108 cm³/mol. The summed E-state index contributed by atoms with van der Waals surface area (Å²) in [6, 6.07) is -0.955. The molecule has 28 heavy (non-hydrogen) atoms. The zero-order valence-electron chi connectivity index (χ0n) is 17.3. The van der Waals surface area contributed by atoms with E-state index in [1.54, 1.807) is 18.4 Å². The first kappa shape index (κ1) is 22.6. The van der Waals surface area contributed by atoms with E-state index in [4.69, 9.17) is 9.47 Å². The second-order valence-corrected chi connectivity index (χ2v) is 8.20. The molecular weight excluding hydrogens is 380 g/mol. The van der Waals surface area contributed by atoms with Crippen LogP contribution in [0.15, 0.2) is 5.38 Å². The number of urea groups is 1. The van der Waals surface area contributed by atoms with Crippen molar-refractivity contribution in [2.24, 2.45) is 0 Å². The van der Waals surface area contributed by atoms with E-state index in [2.05, 4.69) is 29.0 Å². The Bertz CT molecular complexity index is 631. The number of esters is 1. The van der Waals surface area contributed by atoms with E-state index in [9.17, 15) is 9.59 Å². The Balaban J connectivity index is 1.83. The van der Waals surface area contributed by atoms with Crippen LogP contribution in [0.4, 0.5) is 4.79 Å². The third-order valence-corrected chi connectivity index (χ3v) is 5.86. The highest BCUT2D eigenvalue weighted by Gasteiger charge is 2.24.